The number of carbonyl (C=O) groups excluding carboxylic acids is 2. The lowest BCUT2D eigenvalue weighted by atomic mass is 10.1. The molecule has 0 amide bonds. The van der Waals surface area contributed by atoms with Crippen LogP contribution in [0.3, 0.4) is 0 Å². The Bertz CT molecular complexity index is 848. The van der Waals surface area contributed by atoms with Crippen molar-refractivity contribution in [1.29, 1.82) is 0 Å². The first-order valence-electron chi connectivity index (χ1n) is 8.38. The number of halogens is 1. The Kier molecular flexibility index (Phi) is 7.14. The Morgan fingerprint density at radius 2 is 1.54 bits per heavy atom. The van der Waals surface area contributed by atoms with Crippen molar-refractivity contribution in [2.45, 2.75) is 13.0 Å². The van der Waals surface area contributed by atoms with E-state index in [4.69, 9.17) is 18.9 Å². The first kappa shape index (κ1) is 21.0. The van der Waals surface area contributed by atoms with Crippen LogP contribution in [0.5, 0.6) is 17.2 Å². The Labute approximate surface area is 162 Å². The highest BCUT2D eigenvalue weighted by Gasteiger charge is 2.18. The van der Waals surface area contributed by atoms with E-state index in [9.17, 15) is 14.0 Å². The largest absolute Gasteiger partial charge is 0.493 e. The van der Waals surface area contributed by atoms with E-state index in [1.165, 1.54) is 64.7 Å². The van der Waals surface area contributed by atoms with Crippen LogP contribution in [0.4, 0.5) is 4.39 Å². The summed E-state index contributed by atoms with van der Waals surface area (Å²) in [5.74, 6) is -0.256. The molecular formula is C21H21FO6. The summed E-state index contributed by atoms with van der Waals surface area (Å²) in [6.07, 6.45) is 1.68. The first-order valence-corrected chi connectivity index (χ1v) is 8.38. The van der Waals surface area contributed by atoms with Crippen LogP contribution in [0.25, 0.3) is 6.08 Å². The molecule has 0 saturated carbocycles. The number of carbonyl (C=O) groups is 2. The zero-order valence-corrected chi connectivity index (χ0v) is 16.0. The Morgan fingerprint density at radius 3 is 2.04 bits per heavy atom. The van der Waals surface area contributed by atoms with E-state index in [1.54, 1.807) is 12.1 Å². The zero-order valence-electron chi connectivity index (χ0n) is 16.0. The number of ether oxygens (including phenoxy) is 4. The molecule has 1 atom stereocenters. The van der Waals surface area contributed by atoms with Crippen LogP contribution in [0.1, 0.15) is 22.8 Å². The molecule has 0 aliphatic rings. The molecule has 0 fully saturated rings. The van der Waals surface area contributed by atoms with E-state index in [0.717, 1.165) is 0 Å². The van der Waals surface area contributed by atoms with Crippen LogP contribution >= 0.6 is 0 Å². The number of esters is 1. The number of Topliss-reactive ketones (excluding diaryl/α,β-unsaturated/α-hetero) is 1. The summed E-state index contributed by atoms with van der Waals surface area (Å²) in [6.45, 7) is 1.46. The third-order valence-corrected chi connectivity index (χ3v) is 3.89. The van der Waals surface area contributed by atoms with Gasteiger partial charge in [-0.15, -0.1) is 0 Å². The van der Waals surface area contributed by atoms with E-state index < -0.39 is 23.7 Å². The maximum atomic E-state index is 12.9. The van der Waals surface area contributed by atoms with Gasteiger partial charge in [0.05, 0.1) is 21.3 Å². The minimum Gasteiger partial charge on any atom is -0.493 e. The van der Waals surface area contributed by atoms with E-state index in [2.05, 4.69) is 0 Å². The van der Waals surface area contributed by atoms with Gasteiger partial charge in [0.2, 0.25) is 11.5 Å². The van der Waals surface area contributed by atoms with Gasteiger partial charge in [-0.25, -0.2) is 9.18 Å². The van der Waals surface area contributed by atoms with Gasteiger partial charge in [-0.1, -0.05) is 0 Å². The van der Waals surface area contributed by atoms with Crippen molar-refractivity contribution >= 4 is 17.8 Å². The van der Waals surface area contributed by atoms with Crippen molar-refractivity contribution in [1.82, 2.24) is 0 Å². The summed E-state index contributed by atoms with van der Waals surface area (Å²) >= 11 is 0. The second-order valence-corrected chi connectivity index (χ2v) is 5.74. The van der Waals surface area contributed by atoms with Gasteiger partial charge < -0.3 is 18.9 Å². The molecule has 2 aromatic carbocycles. The van der Waals surface area contributed by atoms with Gasteiger partial charge in [-0.3, -0.25) is 4.79 Å². The molecule has 2 rings (SSSR count). The molecule has 0 unspecified atom stereocenters. The Balaban J connectivity index is 2.08. The van der Waals surface area contributed by atoms with Crippen LogP contribution in [0.15, 0.2) is 42.5 Å². The highest BCUT2D eigenvalue weighted by atomic mass is 19.1. The molecule has 0 spiro atoms. The van der Waals surface area contributed by atoms with Gasteiger partial charge in [0.1, 0.15) is 5.82 Å². The summed E-state index contributed by atoms with van der Waals surface area (Å²) < 4.78 is 33.8. The maximum Gasteiger partial charge on any atom is 0.331 e. The van der Waals surface area contributed by atoms with Gasteiger partial charge >= 0.3 is 5.97 Å². The summed E-state index contributed by atoms with van der Waals surface area (Å²) in [6, 6.07) is 8.36. The van der Waals surface area contributed by atoms with E-state index in [1.807, 2.05) is 0 Å². The molecule has 28 heavy (non-hydrogen) atoms. The minimum atomic E-state index is -1.01. The molecular weight excluding hydrogens is 367 g/mol. The van der Waals surface area contributed by atoms with Gasteiger partial charge in [-0.2, -0.15) is 0 Å². The van der Waals surface area contributed by atoms with Crippen molar-refractivity contribution < 1.29 is 32.9 Å². The minimum absolute atomic E-state index is 0.260. The number of ketones is 1. The maximum absolute atomic E-state index is 12.9. The molecule has 0 aliphatic heterocycles. The zero-order chi connectivity index (χ0) is 20.7. The molecule has 0 saturated heterocycles. The normalized spacial score (nSPS) is 11.8. The van der Waals surface area contributed by atoms with Crippen LogP contribution < -0.4 is 14.2 Å². The molecule has 2 aromatic rings. The fourth-order valence-electron chi connectivity index (χ4n) is 2.48. The van der Waals surface area contributed by atoms with Crippen molar-refractivity contribution in [3.8, 4) is 17.2 Å². The van der Waals surface area contributed by atoms with Gasteiger partial charge in [-0.05, 0) is 55.0 Å². The van der Waals surface area contributed by atoms with Crippen LogP contribution in [-0.4, -0.2) is 39.2 Å². The lowest BCUT2D eigenvalue weighted by Gasteiger charge is -2.13. The molecule has 0 N–H and O–H groups in total. The molecule has 0 bridgehead atoms. The molecule has 0 aliphatic carbocycles. The number of methoxy groups -OCH3 is 3. The van der Waals surface area contributed by atoms with Gasteiger partial charge in [0.15, 0.2) is 17.6 Å². The average molecular weight is 388 g/mol. The van der Waals surface area contributed by atoms with Crippen molar-refractivity contribution in [2.24, 2.45) is 0 Å². The van der Waals surface area contributed by atoms with Gasteiger partial charge in [0.25, 0.3) is 0 Å². The van der Waals surface area contributed by atoms with Crippen LogP contribution in [0.2, 0.25) is 0 Å². The van der Waals surface area contributed by atoms with E-state index >= 15 is 0 Å². The monoisotopic (exact) mass is 388 g/mol. The molecule has 0 heterocycles. The highest BCUT2D eigenvalue weighted by molar-refractivity contribution is 6.01. The smallest absolute Gasteiger partial charge is 0.331 e. The van der Waals surface area contributed by atoms with Crippen molar-refractivity contribution in [3.05, 3.63) is 59.4 Å². The lowest BCUT2D eigenvalue weighted by Crippen LogP contribution is -2.23. The Hall–Kier alpha value is -3.35. The topological polar surface area (TPSA) is 71.1 Å². The molecule has 7 heteroatoms. The third-order valence-electron chi connectivity index (χ3n) is 3.89. The van der Waals surface area contributed by atoms with E-state index in [-0.39, 0.29) is 5.56 Å². The SMILES string of the molecule is COc1cc(/C=C/C(=O)O[C@@H](C)C(=O)c2ccc(F)cc2)cc(OC)c1OC. The predicted molar refractivity (Wildman–Crippen MR) is 101 cm³/mol. The number of hydrogen-bond acceptors (Lipinski definition) is 6. The second-order valence-electron chi connectivity index (χ2n) is 5.74. The van der Waals surface area contributed by atoms with Gasteiger partial charge in [0, 0.05) is 11.6 Å². The Morgan fingerprint density at radius 1 is 0.964 bits per heavy atom. The number of benzene rings is 2. The van der Waals surface area contributed by atoms with Crippen molar-refractivity contribution in [2.75, 3.05) is 21.3 Å². The molecule has 148 valence electrons. The number of hydrogen-bond donors (Lipinski definition) is 0. The molecule has 0 aromatic heterocycles. The van der Waals surface area contributed by atoms with Crippen molar-refractivity contribution in [3.63, 3.8) is 0 Å². The van der Waals surface area contributed by atoms with E-state index in [0.29, 0.717) is 22.8 Å². The quantitative estimate of drug-likeness (QED) is 0.390. The summed E-state index contributed by atoms with van der Waals surface area (Å²) in [4.78, 5) is 24.3. The summed E-state index contributed by atoms with van der Waals surface area (Å²) in [5.41, 5.74) is 0.874. The average Bonchev–Trinajstić information content (AvgIpc) is 2.71. The fraction of sp³-hybridized carbons (Fsp3) is 0.238. The molecule has 6 nitrogen and oxygen atoms in total. The molecule has 0 radical (unpaired) electrons. The summed E-state index contributed by atoms with van der Waals surface area (Å²) in [5, 5.41) is 0. The van der Waals surface area contributed by atoms with Crippen LogP contribution in [-0.2, 0) is 9.53 Å². The third kappa shape index (κ3) is 5.09. The number of rotatable bonds is 8. The lowest BCUT2D eigenvalue weighted by molar-refractivity contribution is -0.140. The van der Waals surface area contributed by atoms with Crippen LogP contribution in [0, 0.1) is 5.82 Å². The fourth-order valence-corrected chi connectivity index (χ4v) is 2.48. The second kappa shape index (κ2) is 9.55. The predicted octanol–water partition coefficient (Wildman–Crippen LogP) is 3.68. The summed E-state index contributed by atoms with van der Waals surface area (Å²) in [7, 11) is 4.47. The standard InChI is InChI=1S/C21H21FO6/c1-13(20(24)15-6-8-16(22)9-7-15)28-19(23)10-5-14-11-17(25-2)21(27-4)18(12-14)26-3/h5-13H,1-4H3/b10-5+/t13-/m0/s1. The first-order chi connectivity index (χ1) is 13.4. The highest BCUT2D eigenvalue weighted by Crippen LogP contribution is 2.38.